The molecule has 0 amide bonds. The van der Waals surface area contributed by atoms with Crippen molar-refractivity contribution in [2.75, 3.05) is 18.9 Å². The quantitative estimate of drug-likeness (QED) is 0.846. The van der Waals surface area contributed by atoms with Gasteiger partial charge in [0.05, 0.1) is 17.1 Å². The van der Waals surface area contributed by atoms with E-state index < -0.39 is 9.84 Å². The highest BCUT2D eigenvalue weighted by Crippen LogP contribution is 2.26. The van der Waals surface area contributed by atoms with Gasteiger partial charge >= 0.3 is 0 Å². The second-order valence-electron chi connectivity index (χ2n) is 6.16. The summed E-state index contributed by atoms with van der Waals surface area (Å²) >= 11 is 0. The highest BCUT2D eigenvalue weighted by Gasteiger charge is 2.35. The minimum atomic E-state index is -3.07. The first-order valence-corrected chi connectivity index (χ1v) is 9.91. The highest BCUT2D eigenvalue weighted by atomic mass is 32.2. The Labute approximate surface area is 123 Å². The SMILES string of the molecule is CCNC1CCCCCCC1S(=O)(=O)CC1CCCO1. The fourth-order valence-electron chi connectivity index (χ4n) is 3.53. The number of rotatable bonds is 5. The lowest BCUT2D eigenvalue weighted by Crippen LogP contribution is -2.46. The molecule has 2 rings (SSSR count). The summed E-state index contributed by atoms with van der Waals surface area (Å²) in [5.41, 5.74) is 0. The van der Waals surface area contributed by atoms with E-state index in [0.29, 0.717) is 0 Å². The van der Waals surface area contributed by atoms with Crippen LogP contribution in [0.2, 0.25) is 0 Å². The van der Waals surface area contributed by atoms with Gasteiger partial charge < -0.3 is 10.1 Å². The van der Waals surface area contributed by atoms with Crippen LogP contribution in [0, 0.1) is 0 Å². The molecule has 5 heteroatoms. The first-order chi connectivity index (χ1) is 9.63. The van der Waals surface area contributed by atoms with E-state index in [4.69, 9.17) is 4.74 Å². The predicted octanol–water partition coefficient (Wildman–Crippen LogP) is 2.28. The van der Waals surface area contributed by atoms with Crippen molar-refractivity contribution in [1.29, 1.82) is 0 Å². The average molecular weight is 303 g/mol. The fraction of sp³-hybridized carbons (Fsp3) is 1.00. The van der Waals surface area contributed by atoms with E-state index in [2.05, 4.69) is 12.2 Å². The van der Waals surface area contributed by atoms with E-state index in [-0.39, 0.29) is 23.1 Å². The molecule has 3 atom stereocenters. The third-order valence-electron chi connectivity index (χ3n) is 4.57. The van der Waals surface area contributed by atoms with Crippen molar-refractivity contribution in [3.8, 4) is 0 Å². The van der Waals surface area contributed by atoms with E-state index in [1.807, 2.05) is 0 Å². The van der Waals surface area contributed by atoms with Gasteiger partial charge in [-0.05, 0) is 32.2 Å². The fourth-order valence-corrected chi connectivity index (χ4v) is 5.82. The monoisotopic (exact) mass is 303 g/mol. The standard InChI is InChI=1S/C15H29NO3S/c1-2-16-14-9-5-3-4-6-10-15(14)20(17,18)12-13-8-7-11-19-13/h13-16H,2-12H2,1H3. The van der Waals surface area contributed by atoms with Gasteiger partial charge in [-0.25, -0.2) is 8.42 Å². The lowest BCUT2D eigenvalue weighted by molar-refractivity contribution is 0.127. The van der Waals surface area contributed by atoms with Crippen molar-refractivity contribution in [1.82, 2.24) is 5.32 Å². The molecule has 0 aromatic heterocycles. The van der Waals surface area contributed by atoms with Gasteiger partial charge in [-0.1, -0.05) is 32.6 Å². The molecule has 1 saturated heterocycles. The van der Waals surface area contributed by atoms with E-state index in [1.54, 1.807) is 0 Å². The number of sulfone groups is 1. The third kappa shape index (κ3) is 4.43. The number of ether oxygens (including phenoxy) is 1. The Balaban J connectivity index is 2.05. The molecule has 0 bridgehead atoms. The molecule has 1 aliphatic carbocycles. The maximum atomic E-state index is 12.8. The Morgan fingerprint density at radius 3 is 2.45 bits per heavy atom. The van der Waals surface area contributed by atoms with E-state index >= 15 is 0 Å². The maximum absolute atomic E-state index is 12.8. The summed E-state index contributed by atoms with van der Waals surface area (Å²) in [7, 11) is -3.07. The van der Waals surface area contributed by atoms with Gasteiger partial charge in [0.2, 0.25) is 0 Å². The Morgan fingerprint density at radius 1 is 1.05 bits per heavy atom. The number of nitrogens with one attached hydrogen (secondary N) is 1. The molecule has 0 spiro atoms. The molecule has 1 saturated carbocycles. The van der Waals surface area contributed by atoms with Crippen LogP contribution in [0.3, 0.4) is 0 Å². The van der Waals surface area contributed by atoms with Crippen LogP contribution in [0.5, 0.6) is 0 Å². The Bertz CT molecular complexity index is 377. The molecule has 0 radical (unpaired) electrons. The van der Waals surface area contributed by atoms with Gasteiger partial charge in [-0.3, -0.25) is 0 Å². The lowest BCUT2D eigenvalue weighted by Gasteiger charge is -2.30. The lowest BCUT2D eigenvalue weighted by atomic mass is 9.96. The Kier molecular flexibility index (Phi) is 6.30. The molecular formula is C15H29NO3S. The smallest absolute Gasteiger partial charge is 0.157 e. The second-order valence-corrected chi connectivity index (χ2v) is 8.42. The summed E-state index contributed by atoms with van der Waals surface area (Å²) < 4.78 is 31.1. The molecule has 0 aromatic carbocycles. The van der Waals surface area contributed by atoms with Gasteiger partial charge in [-0.2, -0.15) is 0 Å². The van der Waals surface area contributed by atoms with Crippen molar-refractivity contribution >= 4 is 9.84 Å². The predicted molar refractivity (Wildman–Crippen MR) is 81.7 cm³/mol. The van der Waals surface area contributed by atoms with Crippen LogP contribution in [-0.4, -0.2) is 44.7 Å². The molecule has 0 aromatic rings. The van der Waals surface area contributed by atoms with Gasteiger partial charge in [0.1, 0.15) is 0 Å². The zero-order valence-corrected chi connectivity index (χ0v) is 13.5. The molecule has 1 N–H and O–H groups in total. The minimum absolute atomic E-state index is 0.0623. The normalized spacial score (nSPS) is 32.8. The summed E-state index contributed by atoms with van der Waals surface area (Å²) in [6.07, 6.45) is 8.23. The molecule has 118 valence electrons. The van der Waals surface area contributed by atoms with Crippen LogP contribution < -0.4 is 5.32 Å². The topological polar surface area (TPSA) is 55.4 Å². The largest absolute Gasteiger partial charge is 0.377 e. The summed E-state index contributed by atoms with van der Waals surface area (Å²) in [6, 6.07) is 0.131. The molecule has 1 aliphatic heterocycles. The zero-order valence-electron chi connectivity index (χ0n) is 12.6. The zero-order chi connectivity index (χ0) is 14.4. The van der Waals surface area contributed by atoms with Crippen LogP contribution in [0.25, 0.3) is 0 Å². The maximum Gasteiger partial charge on any atom is 0.157 e. The van der Waals surface area contributed by atoms with Crippen LogP contribution in [0.15, 0.2) is 0 Å². The molecule has 2 fully saturated rings. The van der Waals surface area contributed by atoms with Crippen molar-refractivity contribution in [2.45, 2.75) is 75.7 Å². The first-order valence-electron chi connectivity index (χ1n) is 8.20. The van der Waals surface area contributed by atoms with Crippen LogP contribution in [0.1, 0.15) is 58.3 Å². The summed E-state index contributed by atoms with van der Waals surface area (Å²) in [5, 5.41) is 3.20. The van der Waals surface area contributed by atoms with Gasteiger partial charge in [0.25, 0.3) is 0 Å². The van der Waals surface area contributed by atoms with E-state index in [9.17, 15) is 8.42 Å². The van der Waals surface area contributed by atoms with Crippen molar-refractivity contribution < 1.29 is 13.2 Å². The Morgan fingerprint density at radius 2 is 1.80 bits per heavy atom. The van der Waals surface area contributed by atoms with Crippen LogP contribution >= 0.6 is 0 Å². The van der Waals surface area contributed by atoms with Gasteiger partial charge in [0.15, 0.2) is 9.84 Å². The Hall–Kier alpha value is -0.130. The van der Waals surface area contributed by atoms with E-state index in [0.717, 1.165) is 51.7 Å². The average Bonchev–Trinajstić information content (AvgIpc) is 2.84. The van der Waals surface area contributed by atoms with Gasteiger partial charge in [0, 0.05) is 12.6 Å². The van der Waals surface area contributed by atoms with Crippen LogP contribution in [-0.2, 0) is 14.6 Å². The van der Waals surface area contributed by atoms with Crippen LogP contribution in [0.4, 0.5) is 0 Å². The molecular weight excluding hydrogens is 274 g/mol. The van der Waals surface area contributed by atoms with E-state index in [1.165, 1.54) is 12.8 Å². The van der Waals surface area contributed by atoms with Gasteiger partial charge in [-0.15, -0.1) is 0 Å². The molecule has 1 heterocycles. The number of hydrogen-bond acceptors (Lipinski definition) is 4. The third-order valence-corrected chi connectivity index (χ3v) is 6.90. The molecule has 2 aliphatic rings. The summed E-state index contributed by atoms with van der Waals surface area (Å²) in [4.78, 5) is 0. The van der Waals surface area contributed by atoms with Crippen molar-refractivity contribution in [3.05, 3.63) is 0 Å². The first kappa shape index (κ1) is 16.2. The van der Waals surface area contributed by atoms with Crippen molar-refractivity contribution in [2.24, 2.45) is 0 Å². The highest BCUT2D eigenvalue weighted by molar-refractivity contribution is 7.92. The second kappa shape index (κ2) is 7.76. The minimum Gasteiger partial charge on any atom is -0.377 e. The molecule has 3 unspecified atom stereocenters. The molecule has 20 heavy (non-hydrogen) atoms. The summed E-state index contributed by atoms with van der Waals surface area (Å²) in [6.45, 7) is 3.63. The summed E-state index contributed by atoms with van der Waals surface area (Å²) in [5.74, 6) is 0.222. The van der Waals surface area contributed by atoms with Crippen molar-refractivity contribution in [3.63, 3.8) is 0 Å². The number of hydrogen-bond donors (Lipinski definition) is 1. The molecule has 4 nitrogen and oxygen atoms in total.